The summed E-state index contributed by atoms with van der Waals surface area (Å²) >= 11 is 0. The van der Waals surface area contributed by atoms with Gasteiger partial charge in [0, 0.05) is 19.3 Å². The maximum Gasteiger partial charge on any atom is 0.306 e. The zero-order valence-corrected chi connectivity index (χ0v) is 46.6. The Balaban J connectivity index is 4.30. The van der Waals surface area contributed by atoms with Gasteiger partial charge in [0.05, 0.1) is 0 Å². The zero-order chi connectivity index (χ0) is 50.0. The van der Waals surface area contributed by atoms with E-state index in [4.69, 9.17) is 14.2 Å². The molecule has 0 aromatic heterocycles. The summed E-state index contributed by atoms with van der Waals surface area (Å²) in [4.78, 5) is 38.2. The molecule has 0 aliphatic heterocycles. The van der Waals surface area contributed by atoms with Gasteiger partial charge in [0.2, 0.25) is 0 Å². The van der Waals surface area contributed by atoms with Crippen molar-refractivity contribution in [3.05, 3.63) is 24.3 Å². The summed E-state index contributed by atoms with van der Waals surface area (Å²) in [6, 6.07) is 0. The summed E-state index contributed by atoms with van der Waals surface area (Å²) in [5, 5.41) is 0. The van der Waals surface area contributed by atoms with Crippen molar-refractivity contribution in [3.8, 4) is 0 Å². The van der Waals surface area contributed by atoms with E-state index in [0.717, 1.165) is 70.6 Å². The van der Waals surface area contributed by atoms with Crippen molar-refractivity contribution in [2.24, 2.45) is 0 Å². The Labute approximate surface area is 430 Å². The molecule has 0 aliphatic rings. The topological polar surface area (TPSA) is 78.9 Å². The summed E-state index contributed by atoms with van der Waals surface area (Å²) < 4.78 is 16.9. The lowest BCUT2D eigenvalue weighted by Gasteiger charge is -2.18. The molecule has 0 unspecified atom stereocenters. The standard InChI is InChI=1S/C63H118O6/c1-4-7-10-13-16-19-22-25-28-29-30-31-32-33-36-38-41-44-47-50-53-56-62(65)68-59-60(69-63(66)57-54-51-48-45-42-39-35-27-24-21-18-15-12-9-6-3)58-67-61(64)55-52-49-46-43-40-37-34-26-23-20-17-14-11-8-5-2/h26-27,34-35,60H,4-25,28-33,36-59H2,1-3H3/b34-26-,35-27-/t60-/m1/s1. The molecule has 0 saturated carbocycles. The molecule has 0 fully saturated rings. The van der Waals surface area contributed by atoms with Crippen LogP contribution in [-0.4, -0.2) is 37.2 Å². The molecule has 0 aromatic carbocycles. The Morgan fingerprint density at radius 3 is 0.725 bits per heavy atom. The minimum absolute atomic E-state index is 0.0725. The minimum Gasteiger partial charge on any atom is -0.462 e. The second kappa shape index (κ2) is 58.5. The number of carbonyl (C=O) groups is 3. The molecule has 69 heavy (non-hydrogen) atoms. The number of hydrogen-bond acceptors (Lipinski definition) is 6. The number of hydrogen-bond donors (Lipinski definition) is 0. The highest BCUT2D eigenvalue weighted by Crippen LogP contribution is 2.17. The predicted octanol–water partition coefficient (Wildman–Crippen LogP) is 20.7. The molecule has 0 heterocycles. The van der Waals surface area contributed by atoms with Crippen LogP contribution in [0.15, 0.2) is 24.3 Å². The average Bonchev–Trinajstić information content (AvgIpc) is 3.35. The van der Waals surface area contributed by atoms with E-state index >= 15 is 0 Å². The van der Waals surface area contributed by atoms with E-state index in [0.29, 0.717) is 19.3 Å². The smallest absolute Gasteiger partial charge is 0.306 e. The Hall–Kier alpha value is -2.11. The maximum absolute atomic E-state index is 12.9. The van der Waals surface area contributed by atoms with E-state index in [1.165, 1.54) is 231 Å². The number of allylic oxidation sites excluding steroid dienone is 4. The minimum atomic E-state index is -0.776. The highest BCUT2D eigenvalue weighted by Gasteiger charge is 2.19. The fourth-order valence-corrected chi connectivity index (χ4v) is 9.26. The first kappa shape index (κ1) is 66.9. The van der Waals surface area contributed by atoms with Crippen molar-refractivity contribution in [2.45, 2.75) is 348 Å². The molecule has 6 nitrogen and oxygen atoms in total. The lowest BCUT2D eigenvalue weighted by atomic mass is 10.0. The third-order valence-electron chi connectivity index (χ3n) is 13.9. The molecular weight excluding hydrogens is 853 g/mol. The molecular formula is C63H118O6. The van der Waals surface area contributed by atoms with Gasteiger partial charge in [0.15, 0.2) is 6.10 Å². The number of rotatable bonds is 57. The summed E-state index contributed by atoms with van der Waals surface area (Å²) in [6.45, 7) is 6.67. The third-order valence-corrected chi connectivity index (χ3v) is 13.9. The second-order valence-electron chi connectivity index (χ2n) is 21.0. The van der Waals surface area contributed by atoms with Crippen LogP contribution in [0.1, 0.15) is 342 Å². The van der Waals surface area contributed by atoms with Crippen molar-refractivity contribution in [2.75, 3.05) is 13.2 Å². The Morgan fingerprint density at radius 1 is 0.275 bits per heavy atom. The summed E-state index contributed by atoms with van der Waals surface area (Å²) in [5.41, 5.74) is 0. The van der Waals surface area contributed by atoms with Gasteiger partial charge in [0.1, 0.15) is 13.2 Å². The summed E-state index contributed by atoms with van der Waals surface area (Å²) in [6.07, 6.45) is 68.9. The first-order valence-electron chi connectivity index (χ1n) is 30.8. The van der Waals surface area contributed by atoms with Gasteiger partial charge in [-0.25, -0.2) is 0 Å². The number of esters is 3. The van der Waals surface area contributed by atoms with Crippen LogP contribution in [0.4, 0.5) is 0 Å². The SMILES string of the molecule is CCCCCCCC/C=C\CCCCCCCC(=O)OC[C@H](COC(=O)CCCCCCCCCCCCCCCCCCCCCCC)OC(=O)CCCCCCC/C=C\CCCCCCCC. The molecule has 0 aromatic rings. The van der Waals surface area contributed by atoms with Gasteiger partial charge >= 0.3 is 17.9 Å². The van der Waals surface area contributed by atoms with Gasteiger partial charge in [-0.15, -0.1) is 0 Å². The van der Waals surface area contributed by atoms with Crippen LogP contribution in [0.5, 0.6) is 0 Å². The van der Waals surface area contributed by atoms with Crippen LogP contribution in [0.25, 0.3) is 0 Å². The summed E-state index contributed by atoms with van der Waals surface area (Å²) in [5.74, 6) is -0.867. The van der Waals surface area contributed by atoms with Gasteiger partial charge in [-0.2, -0.15) is 0 Å². The molecule has 0 bridgehead atoms. The predicted molar refractivity (Wildman–Crippen MR) is 298 cm³/mol. The molecule has 0 radical (unpaired) electrons. The maximum atomic E-state index is 12.9. The molecule has 0 amide bonds. The molecule has 0 spiro atoms. The van der Waals surface area contributed by atoms with E-state index < -0.39 is 6.10 Å². The third kappa shape index (κ3) is 56.7. The van der Waals surface area contributed by atoms with Gasteiger partial charge in [-0.3, -0.25) is 14.4 Å². The van der Waals surface area contributed by atoms with Crippen LogP contribution < -0.4 is 0 Å². The quantitative estimate of drug-likeness (QED) is 0.0261. The highest BCUT2D eigenvalue weighted by atomic mass is 16.6. The van der Waals surface area contributed by atoms with E-state index in [2.05, 4.69) is 45.1 Å². The van der Waals surface area contributed by atoms with Crippen molar-refractivity contribution in [1.82, 2.24) is 0 Å². The van der Waals surface area contributed by atoms with Gasteiger partial charge < -0.3 is 14.2 Å². The monoisotopic (exact) mass is 971 g/mol. The molecule has 6 heteroatoms. The van der Waals surface area contributed by atoms with Gasteiger partial charge in [-0.1, -0.05) is 276 Å². The van der Waals surface area contributed by atoms with E-state index in [9.17, 15) is 14.4 Å². The molecule has 0 N–H and O–H groups in total. The van der Waals surface area contributed by atoms with Crippen molar-refractivity contribution in [1.29, 1.82) is 0 Å². The normalized spacial score (nSPS) is 12.1. The first-order chi connectivity index (χ1) is 34.0. The van der Waals surface area contributed by atoms with Crippen LogP contribution in [0.3, 0.4) is 0 Å². The average molecular weight is 972 g/mol. The van der Waals surface area contributed by atoms with Crippen LogP contribution in [0, 0.1) is 0 Å². The summed E-state index contributed by atoms with van der Waals surface area (Å²) in [7, 11) is 0. The molecule has 0 saturated heterocycles. The molecule has 406 valence electrons. The van der Waals surface area contributed by atoms with Crippen LogP contribution in [-0.2, 0) is 28.6 Å². The van der Waals surface area contributed by atoms with Crippen LogP contribution in [0.2, 0.25) is 0 Å². The molecule has 1 atom stereocenters. The fourth-order valence-electron chi connectivity index (χ4n) is 9.26. The lowest BCUT2D eigenvalue weighted by Crippen LogP contribution is -2.30. The molecule has 0 rings (SSSR count). The number of carbonyl (C=O) groups excluding carboxylic acids is 3. The van der Waals surface area contributed by atoms with E-state index in [-0.39, 0.29) is 31.1 Å². The largest absolute Gasteiger partial charge is 0.462 e. The zero-order valence-electron chi connectivity index (χ0n) is 46.6. The van der Waals surface area contributed by atoms with Crippen molar-refractivity contribution >= 4 is 17.9 Å². The fraction of sp³-hybridized carbons (Fsp3) is 0.889. The number of unbranched alkanes of at least 4 members (excludes halogenated alkanes) is 42. The number of ether oxygens (including phenoxy) is 3. The highest BCUT2D eigenvalue weighted by molar-refractivity contribution is 5.71. The van der Waals surface area contributed by atoms with Crippen LogP contribution >= 0.6 is 0 Å². The molecule has 0 aliphatic carbocycles. The second-order valence-corrected chi connectivity index (χ2v) is 21.0. The van der Waals surface area contributed by atoms with Crippen molar-refractivity contribution in [3.63, 3.8) is 0 Å². The Bertz CT molecular complexity index is 1110. The van der Waals surface area contributed by atoms with E-state index in [1.54, 1.807) is 0 Å². The van der Waals surface area contributed by atoms with Gasteiger partial charge in [-0.05, 0) is 70.6 Å². The first-order valence-corrected chi connectivity index (χ1v) is 30.8. The lowest BCUT2D eigenvalue weighted by molar-refractivity contribution is -0.167. The Kier molecular flexibility index (Phi) is 56.7. The van der Waals surface area contributed by atoms with Gasteiger partial charge in [0.25, 0.3) is 0 Å². The Morgan fingerprint density at radius 2 is 0.478 bits per heavy atom. The van der Waals surface area contributed by atoms with E-state index in [1.807, 2.05) is 0 Å². The van der Waals surface area contributed by atoms with Crippen molar-refractivity contribution < 1.29 is 28.6 Å².